The monoisotopic (exact) mass is 436 g/mol. The smallest absolute Gasteiger partial charge is 0.258 e. The highest BCUT2D eigenvalue weighted by atomic mass is 19.1. The Hall–Kier alpha value is -3.74. The van der Waals surface area contributed by atoms with Gasteiger partial charge in [0.25, 0.3) is 11.8 Å². The predicted octanol–water partition coefficient (Wildman–Crippen LogP) is 4.49. The van der Waals surface area contributed by atoms with Gasteiger partial charge in [-0.05, 0) is 66.9 Å². The molecule has 0 saturated heterocycles. The van der Waals surface area contributed by atoms with Gasteiger partial charge in [-0.25, -0.2) is 8.78 Å². The molecule has 0 unspecified atom stereocenters. The third-order valence-electron chi connectivity index (χ3n) is 5.56. The summed E-state index contributed by atoms with van der Waals surface area (Å²) >= 11 is 0. The summed E-state index contributed by atoms with van der Waals surface area (Å²) in [5.74, 6) is -2.13. The van der Waals surface area contributed by atoms with Gasteiger partial charge in [0.15, 0.2) is 0 Å². The zero-order valence-electron chi connectivity index (χ0n) is 17.7. The van der Waals surface area contributed by atoms with Gasteiger partial charge in [0.1, 0.15) is 22.9 Å². The van der Waals surface area contributed by atoms with E-state index in [9.17, 15) is 18.4 Å². The summed E-state index contributed by atoms with van der Waals surface area (Å²) in [6.45, 7) is 2.04. The number of carbonyl (C=O) groups is 2. The fourth-order valence-corrected chi connectivity index (χ4v) is 3.93. The zero-order valence-corrected chi connectivity index (χ0v) is 17.7. The summed E-state index contributed by atoms with van der Waals surface area (Å²) in [6.07, 6.45) is 0.713. The molecule has 1 N–H and O–H groups in total. The van der Waals surface area contributed by atoms with Crippen LogP contribution in [-0.4, -0.2) is 25.0 Å². The number of rotatable bonds is 5. The lowest BCUT2D eigenvalue weighted by Gasteiger charge is -2.23. The van der Waals surface area contributed by atoms with E-state index in [0.717, 1.165) is 28.9 Å². The van der Waals surface area contributed by atoms with E-state index in [1.54, 1.807) is 36.3 Å². The molecule has 1 atom stereocenters. The average molecular weight is 436 g/mol. The molecule has 0 bridgehead atoms. The van der Waals surface area contributed by atoms with E-state index in [4.69, 9.17) is 4.74 Å². The highest BCUT2D eigenvalue weighted by Gasteiger charge is 2.31. The summed E-state index contributed by atoms with van der Waals surface area (Å²) in [5, 5.41) is 2.55. The maximum atomic E-state index is 13.8. The molecule has 0 spiro atoms. The molecule has 1 aliphatic rings. The van der Waals surface area contributed by atoms with Crippen LogP contribution in [-0.2, 0) is 13.0 Å². The molecule has 0 radical (unpaired) electrons. The molecule has 1 aliphatic heterocycles. The highest BCUT2D eigenvalue weighted by molar-refractivity contribution is 6.07. The Morgan fingerprint density at radius 2 is 1.75 bits per heavy atom. The number of anilines is 1. The van der Waals surface area contributed by atoms with Crippen LogP contribution in [0.5, 0.6) is 5.75 Å². The number of amides is 2. The second kappa shape index (κ2) is 8.78. The van der Waals surface area contributed by atoms with Crippen LogP contribution >= 0.6 is 0 Å². The molecule has 5 nitrogen and oxygen atoms in total. The normalized spacial score (nSPS) is 14.8. The van der Waals surface area contributed by atoms with Crippen LogP contribution in [0.1, 0.15) is 38.8 Å². The Bertz CT molecular complexity index is 1160. The van der Waals surface area contributed by atoms with Crippen LogP contribution in [0.2, 0.25) is 0 Å². The van der Waals surface area contributed by atoms with E-state index < -0.39 is 23.1 Å². The number of benzene rings is 3. The van der Waals surface area contributed by atoms with E-state index in [1.165, 1.54) is 6.07 Å². The maximum Gasteiger partial charge on any atom is 0.258 e. The second-order valence-corrected chi connectivity index (χ2v) is 7.70. The Kier molecular flexibility index (Phi) is 5.90. The first kappa shape index (κ1) is 21.5. The minimum absolute atomic E-state index is 0.0306. The first-order chi connectivity index (χ1) is 15.4. The Morgan fingerprint density at radius 1 is 1.06 bits per heavy atom. The molecule has 32 heavy (non-hydrogen) atoms. The summed E-state index contributed by atoms with van der Waals surface area (Å²) < 4.78 is 32.8. The SMILES string of the molecule is COc1ccc(C(=O)N2c3cc(CNC(=O)c4c(F)cccc4F)ccc3C[C@@H]2C)cc1. The summed E-state index contributed by atoms with van der Waals surface area (Å²) in [7, 11) is 1.57. The molecule has 0 saturated carbocycles. The first-order valence-corrected chi connectivity index (χ1v) is 10.2. The van der Waals surface area contributed by atoms with Crippen LogP contribution in [0.4, 0.5) is 14.5 Å². The van der Waals surface area contributed by atoms with Crippen molar-refractivity contribution in [3.63, 3.8) is 0 Å². The molecule has 0 fully saturated rings. The number of fused-ring (bicyclic) bond motifs is 1. The van der Waals surface area contributed by atoms with E-state index in [1.807, 2.05) is 25.1 Å². The van der Waals surface area contributed by atoms with Crippen molar-refractivity contribution in [2.24, 2.45) is 0 Å². The lowest BCUT2D eigenvalue weighted by Crippen LogP contribution is -2.35. The number of nitrogens with zero attached hydrogens (tertiary/aromatic N) is 1. The minimum atomic E-state index is -0.915. The standard InChI is InChI=1S/C25H22F2N2O3/c1-15-12-18-7-6-16(14-28-24(30)23-20(26)4-3-5-21(23)27)13-22(18)29(15)25(31)17-8-10-19(32-2)11-9-17/h3-11,13,15H,12,14H2,1-2H3,(H,28,30)/t15-/m0/s1. The van der Waals surface area contributed by atoms with Gasteiger partial charge in [-0.15, -0.1) is 0 Å². The predicted molar refractivity (Wildman–Crippen MR) is 117 cm³/mol. The second-order valence-electron chi connectivity index (χ2n) is 7.70. The van der Waals surface area contributed by atoms with Crippen molar-refractivity contribution in [3.05, 3.63) is 94.6 Å². The van der Waals surface area contributed by atoms with Crippen LogP contribution < -0.4 is 15.0 Å². The molecular weight excluding hydrogens is 414 g/mol. The molecule has 2 amide bonds. The number of halogens is 2. The van der Waals surface area contributed by atoms with Gasteiger partial charge in [-0.3, -0.25) is 9.59 Å². The van der Waals surface area contributed by atoms with Crippen molar-refractivity contribution < 1.29 is 23.1 Å². The first-order valence-electron chi connectivity index (χ1n) is 10.2. The van der Waals surface area contributed by atoms with Crippen molar-refractivity contribution in [3.8, 4) is 5.75 Å². The van der Waals surface area contributed by atoms with Crippen LogP contribution in [0.15, 0.2) is 60.7 Å². The van der Waals surface area contributed by atoms with Gasteiger partial charge in [-0.2, -0.15) is 0 Å². The van der Waals surface area contributed by atoms with Gasteiger partial charge >= 0.3 is 0 Å². The Labute approximate surface area is 184 Å². The van der Waals surface area contributed by atoms with E-state index >= 15 is 0 Å². The third kappa shape index (κ3) is 4.06. The minimum Gasteiger partial charge on any atom is -0.497 e. The fraction of sp³-hybridized carbons (Fsp3) is 0.200. The van der Waals surface area contributed by atoms with Crippen molar-refractivity contribution in [2.75, 3.05) is 12.0 Å². The van der Waals surface area contributed by atoms with Crippen LogP contribution in [0.3, 0.4) is 0 Å². The lowest BCUT2D eigenvalue weighted by atomic mass is 10.1. The summed E-state index contributed by atoms with van der Waals surface area (Å²) in [6, 6.07) is 15.8. The quantitative estimate of drug-likeness (QED) is 0.641. The summed E-state index contributed by atoms with van der Waals surface area (Å²) in [4.78, 5) is 27.2. The van der Waals surface area contributed by atoms with Crippen molar-refractivity contribution in [1.82, 2.24) is 5.32 Å². The average Bonchev–Trinajstić information content (AvgIpc) is 3.12. The molecule has 7 heteroatoms. The molecule has 0 aliphatic carbocycles. The molecule has 0 aromatic heterocycles. The topological polar surface area (TPSA) is 58.6 Å². The molecule has 4 rings (SSSR count). The van der Waals surface area contributed by atoms with E-state index in [-0.39, 0.29) is 18.5 Å². The van der Waals surface area contributed by atoms with Crippen molar-refractivity contribution >= 4 is 17.5 Å². The van der Waals surface area contributed by atoms with Crippen molar-refractivity contribution in [2.45, 2.75) is 25.9 Å². The Morgan fingerprint density at radius 3 is 2.41 bits per heavy atom. The fourth-order valence-electron chi connectivity index (χ4n) is 3.93. The largest absolute Gasteiger partial charge is 0.497 e. The van der Waals surface area contributed by atoms with Gasteiger partial charge in [0.2, 0.25) is 0 Å². The molecule has 164 valence electrons. The highest BCUT2D eigenvalue weighted by Crippen LogP contribution is 2.34. The number of hydrogen-bond donors (Lipinski definition) is 1. The molecule has 1 heterocycles. The molecule has 3 aromatic rings. The van der Waals surface area contributed by atoms with Crippen molar-refractivity contribution in [1.29, 1.82) is 0 Å². The summed E-state index contributed by atoms with van der Waals surface area (Å²) in [5.41, 5.74) is 2.44. The lowest BCUT2D eigenvalue weighted by molar-refractivity contribution is 0.0940. The van der Waals surface area contributed by atoms with Gasteiger partial charge < -0.3 is 15.0 Å². The molecule has 3 aromatic carbocycles. The van der Waals surface area contributed by atoms with Crippen LogP contribution in [0, 0.1) is 11.6 Å². The number of ether oxygens (including phenoxy) is 1. The van der Waals surface area contributed by atoms with Gasteiger partial charge in [0.05, 0.1) is 7.11 Å². The van der Waals surface area contributed by atoms with E-state index in [2.05, 4.69) is 5.32 Å². The zero-order chi connectivity index (χ0) is 22.8. The third-order valence-corrected chi connectivity index (χ3v) is 5.56. The number of carbonyl (C=O) groups excluding carboxylic acids is 2. The number of nitrogens with one attached hydrogen (secondary N) is 1. The van der Waals surface area contributed by atoms with Crippen LogP contribution in [0.25, 0.3) is 0 Å². The van der Waals surface area contributed by atoms with E-state index in [0.29, 0.717) is 17.7 Å². The maximum absolute atomic E-state index is 13.8. The Balaban J connectivity index is 1.54. The molecular formula is C25H22F2N2O3. The van der Waals surface area contributed by atoms with Gasteiger partial charge in [0, 0.05) is 23.8 Å². The van der Waals surface area contributed by atoms with Gasteiger partial charge in [-0.1, -0.05) is 18.2 Å². The number of hydrogen-bond acceptors (Lipinski definition) is 3. The number of methoxy groups -OCH3 is 1.